The maximum Gasteiger partial charge on any atom is 0.200 e. The molecule has 2 aliphatic rings. The van der Waals surface area contributed by atoms with Crippen LogP contribution >= 0.6 is 0 Å². The molecule has 0 saturated heterocycles. The number of phenolic OH excluding ortho intramolecular Hbond substituents is 4. The molecule has 0 amide bonds. The number of carbonyl (C=O) groups excluding carboxylic acids is 1. The minimum Gasteiger partial charge on any atom is -0.504 e. The smallest absolute Gasteiger partial charge is 0.200 e. The van der Waals surface area contributed by atoms with Crippen LogP contribution in [0.3, 0.4) is 0 Å². The van der Waals surface area contributed by atoms with Crippen LogP contribution in [-0.2, 0) is 0 Å². The number of ether oxygens (including phenoxy) is 1. The normalized spacial score (nSPS) is 21.7. The third kappa shape index (κ3) is 1.46. The first-order valence-corrected chi connectivity index (χ1v) is 6.76. The second-order valence-electron chi connectivity index (χ2n) is 5.54. The van der Waals surface area contributed by atoms with Crippen LogP contribution in [0.15, 0.2) is 24.3 Å². The molecule has 0 fully saturated rings. The first-order chi connectivity index (χ1) is 10.5. The molecule has 0 aromatic heterocycles. The fraction of sp³-hybridized carbons (Fsp3) is 0.188. The highest BCUT2D eigenvalue weighted by Crippen LogP contribution is 2.53. The number of carbonyl (C=O) groups is 1. The standard InChI is InChI=1S/C16H12O6/c17-10-2-1-6-13-7-3-11(18)12(19)4-8(7)14(20)9(13)5-22-16(6)15(10)21/h1-4,9,13,17-19,21H,5H2. The zero-order valence-electron chi connectivity index (χ0n) is 11.3. The van der Waals surface area contributed by atoms with Crippen molar-refractivity contribution in [1.82, 2.24) is 0 Å². The minimum atomic E-state index is -0.479. The molecular formula is C16H12O6. The van der Waals surface area contributed by atoms with Crippen molar-refractivity contribution in [3.8, 4) is 28.7 Å². The van der Waals surface area contributed by atoms with E-state index in [-0.39, 0.29) is 47.1 Å². The quantitative estimate of drug-likeness (QED) is 0.553. The summed E-state index contributed by atoms with van der Waals surface area (Å²) in [5.41, 5.74) is 1.50. The van der Waals surface area contributed by atoms with Crippen LogP contribution in [0.25, 0.3) is 0 Å². The molecular weight excluding hydrogens is 288 g/mol. The van der Waals surface area contributed by atoms with E-state index in [4.69, 9.17) is 4.74 Å². The number of aromatic hydroxyl groups is 4. The SMILES string of the molecule is O=C1c2cc(O)c(O)cc2C2c3ccc(O)c(O)c3OCC12. The number of ketones is 1. The lowest BCUT2D eigenvalue weighted by molar-refractivity contribution is 0.0860. The second-order valence-corrected chi connectivity index (χ2v) is 5.54. The minimum absolute atomic E-state index is 0.0592. The lowest BCUT2D eigenvalue weighted by Gasteiger charge is -2.28. The van der Waals surface area contributed by atoms with Crippen LogP contribution < -0.4 is 4.74 Å². The largest absolute Gasteiger partial charge is 0.504 e. The van der Waals surface area contributed by atoms with Gasteiger partial charge in [0.15, 0.2) is 28.8 Å². The van der Waals surface area contributed by atoms with Crippen molar-refractivity contribution in [3.63, 3.8) is 0 Å². The van der Waals surface area contributed by atoms with Crippen molar-refractivity contribution < 1.29 is 30.0 Å². The lowest BCUT2D eigenvalue weighted by Crippen LogP contribution is -2.27. The van der Waals surface area contributed by atoms with Crippen LogP contribution in [0.5, 0.6) is 28.7 Å². The Balaban J connectivity index is 1.97. The Hall–Kier alpha value is -2.89. The molecule has 112 valence electrons. The van der Waals surface area contributed by atoms with Crippen molar-refractivity contribution in [2.75, 3.05) is 6.61 Å². The van der Waals surface area contributed by atoms with E-state index in [9.17, 15) is 25.2 Å². The van der Waals surface area contributed by atoms with E-state index in [1.54, 1.807) is 6.07 Å². The number of hydrogen-bond donors (Lipinski definition) is 4. The number of benzene rings is 2. The predicted molar refractivity (Wildman–Crippen MR) is 74.7 cm³/mol. The van der Waals surface area contributed by atoms with Gasteiger partial charge < -0.3 is 25.2 Å². The van der Waals surface area contributed by atoms with Crippen LogP contribution in [0.2, 0.25) is 0 Å². The summed E-state index contributed by atoms with van der Waals surface area (Å²) in [4.78, 5) is 12.5. The van der Waals surface area contributed by atoms with E-state index >= 15 is 0 Å². The summed E-state index contributed by atoms with van der Waals surface area (Å²) in [6, 6.07) is 5.55. The second kappa shape index (κ2) is 4.07. The third-order valence-corrected chi connectivity index (χ3v) is 4.37. The Morgan fingerprint density at radius 2 is 1.68 bits per heavy atom. The zero-order chi connectivity index (χ0) is 15.6. The van der Waals surface area contributed by atoms with Gasteiger partial charge in [0.05, 0.1) is 12.5 Å². The lowest BCUT2D eigenvalue weighted by atomic mass is 9.83. The van der Waals surface area contributed by atoms with Gasteiger partial charge in [0.2, 0.25) is 5.75 Å². The predicted octanol–water partition coefficient (Wildman–Crippen LogP) is 1.85. The van der Waals surface area contributed by atoms with E-state index in [0.717, 1.165) is 0 Å². The molecule has 2 aromatic carbocycles. The topological polar surface area (TPSA) is 107 Å². The zero-order valence-corrected chi connectivity index (χ0v) is 11.3. The maximum absolute atomic E-state index is 12.5. The molecule has 0 radical (unpaired) electrons. The van der Waals surface area contributed by atoms with E-state index in [0.29, 0.717) is 16.7 Å². The van der Waals surface area contributed by atoms with Gasteiger partial charge in [-0.3, -0.25) is 4.79 Å². The van der Waals surface area contributed by atoms with E-state index < -0.39 is 5.92 Å². The van der Waals surface area contributed by atoms with Crippen molar-refractivity contribution in [2.45, 2.75) is 5.92 Å². The first-order valence-electron chi connectivity index (χ1n) is 6.76. The highest BCUT2D eigenvalue weighted by Gasteiger charge is 2.46. The Kier molecular flexibility index (Phi) is 2.37. The number of Topliss-reactive ketones (excluding diaryl/α,β-unsaturated/α-hetero) is 1. The van der Waals surface area contributed by atoms with Crippen molar-refractivity contribution in [2.24, 2.45) is 5.92 Å². The number of fused-ring (bicyclic) bond motifs is 5. The monoisotopic (exact) mass is 300 g/mol. The summed E-state index contributed by atoms with van der Waals surface area (Å²) >= 11 is 0. The summed E-state index contributed by atoms with van der Waals surface area (Å²) in [6.07, 6.45) is 0. The summed E-state index contributed by atoms with van der Waals surface area (Å²) < 4.78 is 5.46. The molecule has 0 saturated carbocycles. The van der Waals surface area contributed by atoms with Crippen LogP contribution in [-0.4, -0.2) is 32.8 Å². The molecule has 0 spiro atoms. The fourth-order valence-corrected chi connectivity index (χ4v) is 3.33. The van der Waals surface area contributed by atoms with Gasteiger partial charge in [-0.2, -0.15) is 0 Å². The molecule has 1 aliphatic heterocycles. The Labute approximate surface area is 124 Å². The average Bonchev–Trinajstić information content (AvgIpc) is 2.77. The van der Waals surface area contributed by atoms with Gasteiger partial charge in [0, 0.05) is 17.0 Å². The number of hydrogen-bond acceptors (Lipinski definition) is 6. The maximum atomic E-state index is 12.5. The first kappa shape index (κ1) is 12.8. The number of phenols is 4. The van der Waals surface area contributed by atoms with Crippen molar-refractivity contribution in [1.29, 1.82) is 0 Å². The molecule has 1 heterocycles. The molecule has 0 bridgehead atoms. The molecule has 6 heteroatoms. The van der Waals surface area contributed by atoms with Gasteiger partial charge in [0.1, 0.15) is 0 Å². The highest BCUT2D eigenvalue weighted by atomic mass is 16.5. The molecule has 1 aliphatic carbocycles. The number of rotatable bonds is 0. The van der Waals surface area contributed by atoms with E-state index in [1.807, 2.05) is 0 Å². The summed E-state index contributed by atoms with van der Waals surface area (Å²) in [5, 5.41) is 38.8. The molecule has 4 rings (SSSR count). The summed E-state index contributed by atoms with van der Waals surface area (Å²) in [6.45, 7) is 0.0592. The summed E-state index contributed by atoms with van der Waals surface area (Å²) in [5.74, 6) is -2.20. The van der Waals surface area contributed by atoms with Gasteiger partial charge in [0.25, 0.3) is 0 Å². The van der Waals surface area contributed by atoms with Gasteiger partial charge in [-0.1, -0.05) is 6.07 Å². The van der Waals surface area contributed by atoms with E-state index in [2.05, 4.69) is 0 Å². The van der Waals surface area contributed by atoms with Crippen molar-refractivity contribution in [3.05, 3.63) is 41.0 Å². The third-order valence-electron chi connectivity index (χ3n) is 4.37. The molecule has 2 unspecified atom stereocenters. The fourth-order valence-electron chi connectivity index (χ4n) is 3.33. The van der Waals surface area contributed by atoms with Gasteiger partial charge in [-0.15, -0.1) is 0 Å². The van der Waals surface area contributed by atoms with Crippen LogP contribution in [0.4, 0.5) is 0 Å². The molecule has 6 nitrogen and oxygen atoms in total. The average molecular weight is 300 g/mol. The Bertz CT molecular complexity index is 826. The van der Waals surface area contributed by atoms with Crippen LogP contribution in [0, 0.1) is 5.92 Å². The molecule has 4 N–H and O–H groups in total. The van der Waals surface area contributed by atoms with Gasteiger partial charge in [-0.05, 0) is 23.8 Å². The Morgan fingerprint density at radius 3 is 2.45 bits per heavy atom. The summed E-state index contributed by atoms with van der Waals surface area (Å²) in [7, 11) is 0. The van der Waals surface area contributed by atoms with Gasteiger partial charge in [-0.25, -0.2) is 0 Å². The van der Waals surface area contributed by atoms with Gasteiger partial charge >= 0.3 is 0 Å². The van der Waals surface area contributed by atoms with E-state index in [1.165, 1.54) is 18.2 Å². The van der Waals surface area contributed by atoms with Crippen LogP contribution in [0.1, 0.15) is 27.4 Å². The molecule has 22 heavy (non-hydrogen) atoms. The molecule has 2 aromatic rings. The molecule has 2 atom stereocenters. The van der Waals surface area contributed by atoms with Crippen molar-refractivity contribution >= 4 is 5.78 Å². The highest BCUT2D eigenvalue weighted by molar-refractivity contribution is 6.05. The Morgan fingerprint density at radius 1 is 0.955 bits per heavy atom.